The van der Waals surface area contributed by atoms with E-state index in [0.717, 1.165) is 0 Å². The van der Waals surface area contributed by atoms with Gasteiger partial charge in [0.05, 0.1) is 10.7 Å². The van der Waals surface area contributed by atoms with Crippen molar-refractivity contribution in [2.75, 3.05) is 0 Å². The minimum atomic E-state index is -1.21. The summed E-state index contributed by atoms with van der Waals surface area (Å²) in [4.78, 5) is 19.3. The molecule has 2 aromatic rings. The Kier molecular flexibility index (Phi) is 4.52. The Balaban J connectivity index is 2.39. The van der Waals surface area contributed by atoms with Crippen LogP contribution in [0.25, 0.3) is 0 Å². The molecule has 0 aliphatic heterocycles. The summed E-state index contributed by atoms with van der Waals surface area (Å²) in [5, 5.41) is 9.21. The predicted octanol–water partition coefficient (Wildman–Crippen LogP) is 3.99. The van der Waals surface area contributed by atoms with E-state index in [0.29, 0.717) is 5.82 Å². The van der Waals surface area contributed by atoms with Crippen LogP contribution in [0.15, 0.2) is 28.9 Å². The van der Waals surface area contributed by atoms with E-state index in [1.807, 2.05) is 13.8 Å². The Hall–Kier alpha value is -2.02. The van der Waals surface area contributed by atoms with Gasteiger partial charge < -0.3 is 9.84 Å². The van der Waals surface area contributed by atoms with E-state index in [2.05, 4.69) is 25.9 Å². The minimum Gasteiger partial charge on any atom is -0.476 e. The molecule has 0 fully saturated rings. The number of benzene rings is 1. The zero-order valence-electron chi connectivity index (χ0n) is 11.3. The Morgan fingerprint density at radius 3 is 2.71 bits per heavy atom. The van der Waals surface area contributed by atoms with Gasteiger partial charge in [0.1, 0.15) is 17.4 Å². The van der Waals surface area contributed by atoms with Gasteiger partial charge in [0.25, 0.3) is 0 Å². The number of rotatable bonds is 4. The first kappa shape index (κ1) is 15.4. The molecule has 0 saturated heterocycles. The van der Waals surface area contributed by atoms with Crippen LogP contribution >= 0.6 is 15.9 Å². The van der Waals surface area contributed by atoms with E-state index in [1.165, 1.54) is 24.4 Å². The smallest absolute Gasteiger partial charge is 0.358 e. The Bertz CT molecular complexity index is 692. The first-order valence-electron chi connectivity index (χ1n) is 6.11. The molecule has 1 heterocycles. The summed E-state index contributed by atoms with van der Waals surface area (Å²) in [6, 6.07) is 4.00. The molecule has 0 spiro atoms. The van der Waals surface area contributed by atoms with Gasteiger partial charge in [0.2, 0.25) is 0 Å². The van der Waals surface area contributed by atoms with E-state index in [-0.39, 0.29) is 27.6 Å². The number of aromatic carboxylic acids is 1. The summed E-state index contributed by atoms with van der Waals surface area (Å²) in [6.07, 6.45) is 1.31. The lowest BCUT2D eigenvalue weighted by molar-refractivity contribution is 0.0686. The molecule has 0 aliphatic rings. The lowest BCUT2D eigenvalue weighted by Gasteiger charge is -2.10. The third-order valence-electron chi connectivity index (χ3n) is 2.61. The number of aromatic nitrogens is 2. The van der Waals surface area contributed by atoms with Crippen LogP contribution in [0.5, 0.6) is 11.5 Å². The number of carboxylic acids is 1. The Morgan fingerprint density at radius 2 is 2.14 bits per heavy atom. The maximum Gasteiger partial charge on any atom is 0.358 e. The monoisotopic (exact) mass is 354 g/mol. The second kappa shape index (κ2) is 6.17. The highest BCUT2D eigenvalue weighted by Gasteiger charge is 2.17. The molecule has 1 aromatic heterocycles. The van der Waals surface area contributed by atoms with Gasteiger partial charge in [-0.1, -0.05) is 13.8 Å². The van der Waals surface area contributed by atoms with E-state index in [4.69, 9.17) is 4.74 Å². The van der Waals surface area contributed by atoms with Crippen molar-refractivity contribution >= 4 is 21.9 Å². The molecule has 0 bridgehead atoms. The SMILES string of the molecule is CC(C)c1ncc(Oc2ccc(F)c(Br)c2)c(C(=O)O)n1. The van der Waals surface area contributed by atoms with Crippen LogP contribution in [-0.2, 0) is 0 Å². The lowest BCUT2D eigenvalue weighted by Crippen LogP contribution is -2.08. The van der Waals surface area contributed by atoms with E-state index >= 15 is 0 Å². The van der Waals surface area contributed by atoms with Gasteiger partial charge in [-0.25, -0.2) is 19.2 Å². The third kappa shape index (κ3) is 3.55. The summed E-state index contributed by atoms with van der Waals surface area (Å²) in [7, 11) is 0. The van der Waals surface area contributed by atoms with Crippen molar-refractivity contribution in [3.8, 4) is 11.5 Å². The van der Waals surface area contributed by atoms with Crippen LogP contribution in [-0.4, -0.2) is 21.0 Å². The van der Waals surface area contributed by atoms with Crippen LogP contribution in [0.1, 0.15) is 36.1 Å². The highest BCUT2D eigenvalue weighted by atomic mass is 79.9. The van der Waals surface area contributed by atoms with Gasteiger partial charge in [-0.3, -0.25) is 0 Å². The fourth-order valence-electron chi connectivity index (χ4n) is 1.56. The third-order valence-corrected chi connectivity index (χ3v) is 3.22. The summed E-state index contributed by atoms with van der Waals surface area (Å²) in [5.41, 5.74) is -0.228. The second-order valence-corrected chi connectivity index (χ2v) is 5.43. The van der Waals surface area contributed by atoms with Crippen LogP contribution in [0.3, 0.4) is 0 Å². The number of carboxylic acid groups (broad SMARTS) is 1. The Morgan fingerprint density at radius 1 is 1.43 bits per heavy atom. The summed E-state index contributed by atoms with van der Waals surface area (Å²) >= 11 is 3.03. The average molecular weight is 355 g/mol. The van der Waals surface area contributed by atoms with E-state index in [9.17, 15) is 14.3 Å². The van der Waals surface area contributed by atoms with Crippen LogP contribution in [0.2, 0.25) is 0 Å². The van der Waals surface area contributed by atoms with Crippen LogP contribution in [0, 0.1) is 5.82 Å². The number of ether oxygens (including phenoxy) is 1. The highest BCUT2D eigenvalue weighted by Crippen LogP contribution is 2.28. The van der Waals surface area contributed by atoms with E-state index < -0.39 is 11.8 Å². The molecular weight excluding hydrogens is 343 g/mol. The molecule has 1 N–H and O–H groups in total. The molecule has 5 nitrogen and oxygen atoms in total. The molecule has 0 aliphatic carbocycles. The number of carbonyl (C=O) groups is 1. The molecule has 0 radical (unpaired) electrons. The molecule has 0 atom stereocenters. The first-order valence-corrected chi connectivity index (χ1v) is 6.91. The summed E-state index contributed by atoms with van der Waals surface area (Å²) in [6.45, 7) is 3.72. The van der Waals surface area contributed by atoms with Crippen molar-refractivity contribution in [1.82, 2.24) is 9.97 Å². The van der Waals surface area contributed by atoms with Crippen LogP contribution < -0.4 is 4.74 Å². The maximum absolute atomic E-state index is 13.2. The van der Waals surface area contributed by atoms with Crippen LogP contribution in [0.4, 0.5) is 4.39 Å². The van der Waals surface area contributed by atoms with Crippen molar-refractivity contribution in [3.63, 3.8) is 0 Å². The van der Waals surface area contributed by atoms with E-state index in [1.54, 1.807) is 0 Å². The molecule has 0 amide bonds. The maximum atomic E-state index is 13.2. The minimum absolute atomic E-state index is 0.00267. The number of hydrogen-bond acceptors (Lipinski definition) is 4. The highest BCUT2D eigenvalue weighted by molar-refractivity contribution is 9.10. The molecule has 1 aromatic carbocycles. The van der Waals surface area contributed by atoms with Gasteiger partial charge in [0.15, 0.2) is 11.4 Å². The molecule has 110 valence electrons. The molecular formula is C14H12BrFN2O3. The second-order valence-electron chi connectivity index (χ2n) is 4.58. The van der Waals surface area contributed by atoms with Gasteiger partial charge in [-0.15, -0.1) is 0 Å². The van der Waals surface area contributed by atoms with Gasteiger partial charge >= 0.3 is 5.97 Å². The zero-order valence-corrected chi connectivity index (χ0v) is 12.9. The fraction of sp³-hybridized carbons (Fsp3) is 0.214. The molecule has 2 rings (SSSR count). The molecule has 0 saturated carbocycles. The summed E-state index contributed by atoms with van der Waals surface area (Å²) < 4.78 is 18.8. The Labute approximate surface area is 128 Å². The van der Waals surface area contributed by atoms with Crippen molar-refractivity contribution in [1.29, 1.82) is 0 Å². The molecule has 7 heteroatoms. The fourth-order valence-corrected chi connectivity index (χ4v) is 1.92. The van der Waals surface area contributed by atoms with Crippen molar-refractivity contribution in [2.45, 2.75) is 19.8 Å². The first-order chi connectivity index (χ1) is 9.88. The topological polar surface area (TPSA) is 72.3 Å². The quantitative estimate of drug-likeness (QED) is 0.898. The number of halogens is 2. The van der Waals surface area contributed by atoms with Gasteiger partial charge in [0, 0.05) is 5.92 Å². The lowest BCUT2D eigenvalue weighted by atomic mass is 10.2. The number of nitrogens with zero attached hydrogens (tertiary/aromatic N) is 2. The zero-order chi connectivity index (χ0) is 15.6. The van der Waals surface area contributed by atoms with Crippen molar-refractivity contribution < 1.29 is 19.0 Å². The van der Waals surface area contributed by atoms with Gasteiger partial charge in [-0.05, 0) is 34.1 Å². The average Bonchev–Trinajstić information content (AvgIpc) is 2.43. The van der Waals surface area contributed by atoms with Crippen molar-refractivity contribution in [3.05, 3.63) is 46.2 Å². The number of hydrogen-bond donors (Lipinski definition) is 1. The molecule has 21 heavy (non-hydrogen) atoms. The molecule has 0 unspecified atom stereocenters. The predicted molar refractivity (Wildman–Crippen MR) is 77.3 cm³/mol. The largest absolute Gasteiger partial charge is 0.476 e. The standard InChI is InChI=1S/C14H12BrFN2O3/c1-7(2)13-17-6-11(12(18-13)14(19)20)21-8-3-4-10(16)9(15)5-8/h3-7H,1-2H3,(H,19,20). The van der Waals surface area contributed by atoms with Gasteiger partial charge in [-0.2, -0.15) is 0 Å². The van der Waals surface area contributed by atoms with Crippen molar-refractivity contribution in [2.24, 2.45) is 0 Å². The summed E-state index contributed by atoms with van der Waals surface area (Å²) in [5.74, 6) is -0.947. The normalized spacial score (nSPS) is 10.7.